The lowest BCUT2D eigenvalue weighted by atomic mass is 10.2. The van der Waals surface area contributed by atoms with Crippen LogP contribution in [-0.4, -0.2) is 31.3 Å². The van der Waals surface area contributed by atoms with Crippen molar-refractivity contribution in [3.8, 4) is 17.2 Å². The molecule has 3 rings (SSSR count). The fourth-order valence-electron chi connectivity index (χ4n) is 2.75. The van der Waals surface area contributed by atoms with Crippen LogP contribution in [0.1, 0.15) is 18.1 Å². The van der Waals surface area contributed by atoms with E-state index in [1.54, 1.807) is 43.3 Å². The maximum atomic E-state index is 12.2. The topological polar surface area (TPSA) is 86.2 Å². The first kappa shape index (κ1) is 24.7. The summed E-state index contributed by atoms with van der Waals surface area (Å²) in [6.45, 7) is 1.63. The summed E-state index contributed by atoms with van der Waals surface area (Å²) in [5.41, 5.74) is 3.96. The molecular formula is C26H23BrN2O5. The molecule has 0 saturated carbocycles. The van der Waals surface area contributed by atoms with Gasteiger partial charge in [-0.1, -0.05) is 46.3 Å². The molecule has 34 heavy (non-hydrogen) atoms. The Morgan fingerprint density at radius 1 is 0.971 bits per heavy atom. The standard InChI is InChI=1S/C26H23BrN2O5/c1-18(33-22-12-10-21(27)11-13-22)26(31)29-28-17-20-8-14-23(24(16-20)32-2)34-25(30)15-9-19-6-4-3-5-7-19/h3-18H,1-2H3,(H,29,31)/b15-9+,28-17-/t18-/m0/s1. The zero-order valence-corrected chi connectivity index (χ0v) is 20.2. The van der Waals surface area contributed by atoms with Crippen molar-refractivity contribution in [3.05, 3.63) is 94.5 Å². The molecule has 0 unspecified atom stereocenters. The molecule has 0 heterocycles. The first-order valence-corrected chi connectivity index (χ1v) is 11.1. The molecular weight excluding hydrogens is 500 g/mol. The molecule has 0 bridgehead atoms. The number of amides is 1. The van der Waals surface area contributed by atoms with Crippen LogP contribution in [0.2, 0.25) is 0 Å². The van der Waals surface area contributed by atoms with E-state index < -0.39 is 18.0 Å². The number of ether oxygens (including phenoxy) is 3. The third-order valence-corrected chi connectivity index (χ3v) is 5.02. The Hall–Kier alpha value is -3.91. The molecule has 1 amide bonds. The van der Waals surface area contributed by atoms with Crippen molar-refractivity contribution >= 4 is 40.1 Å². The van der Waals surface area contributed by atoms with Crippen LogP contribution in [0.4, 0.5) is 0 Å². The number of hydrogen-bond acceptors (Lipinski definition) is 6. The number of methoxy groups -OCH3 is 1. The highest BCUT2D eigenvalue weighted by atomic mass is 79.9. The smallest absolute Gasteiger partial charge is 0.336 e. The monoisotopic (exact) mass is 522 g/mol. The number of carbonyl (C=O) groups excluding carboxylic acids is 2. The van der Waals surface area contributed by atoms with E-state index in [-0.39, 0.29) is 5.75 Å². The van der Waals surface area contributed by atoms with E-state index in [0.29, 0.717) is 17.1 Å². The number of hydrogen-bond donors (Lipinski definition) is 1. The van der Waals surface area contributed by atoms with Gasteiger partial charge < -0.3 is 14.2 Å². The third kappa shape index (κ3) is 7.60. The van der Waals surface area contributed by atoms with Gasteiger partial charge >= 0.3 is 5.97 Å². The van der Waals surface area contributed by atoms with E-state index in [9.17, 15) is 9.59 Å². The molecule has 0 spiro atoms. The molecule has 174 valence electrons. The van der Waals surface area contributed by atoms with Crippen molar-refractivity contribution < 1.29 is 23.8 Å². The second-order valence-corrected chi connectivity index (χ2v) is 7.94. The van der Waals surface area contributed by atoms with Gasteiger partial charge in [0.05, 0.1) is 13.3 Å². The van der Waals surface area contributed by atoms with Crippen molar-refractivity contribution in [1.82, 2.24) is 5.43 Å². The van der Waals surface area contributed by atoms with E-state index in [1.165, 1.54) is 19.4 Å². The fraction of sp³-hybridized carbons (Fsp3) is 0.115. The predicted octanol–water partition coefficient (Wildman–Crippen LogP) is 4.99. The minimum Gasteiger partial charge on any atom is -0.493 e. The maximum absolute atomic E-state index is 12.2. The maximum Gasteiger partial charge on any atom is 0.336 e. The summed E-state index contributed by atoms with van der Waals surface area (Å²) < 4.78 is 17.2. The number of hydrazone groups is 1. The molecule has 0 aliphatic heterocycles. The van der Waals surface area contributed by atoms with Gasteiger partial charge in [0.2, 0.25) is 0 Å². The van der Waals surface area contributed by atoms with E-state index in [0.717, 1.165) is 10.0 Å². The second-order valence-electron chi connectivity index (χ2n) is 7.02. The molecule has 0 aliphatic rings. The van der Waals surface area contributed by atoms with E-state index >= 15 is 0 Å². The van der Waals surface area contributed by atoms with Gasteiger partial charge in [0.25, 0.3) is 5.91 Å². The van der Waals surface area contributed by atoms with Crippen molar-refractivity contribution in [2.45, 2.75) is 13.0 Å². The zero-order chi connectivity index (χ0) is 24.3. The summed E-state index contributed by atoms with van der Waals surface area (Å²) in [4.78, 5) is 24.4. The number of esters is 1. The zero-order valence-electron chi connectivity index (χ0n) is 18.6. The Morgan fingerprint density at radius 2 is 1.71 bits per heavy atom. The SMILES string of the molecule is COc1cc(/C=N\NC(=O)[C@H](C)Oc2ccc(Br)cc2)ccc1OC(=O)/C=C/c1ccccc1. The summed E-state index contributed by atoms with van der Waals surface area (Å²) in [6.07, 6.45) is 3.73. The first-order chi connectivity index (χ1) is 16.4. The highest BCUT2D eigenvalue weighted by molar-refractivity contribution is 9.10. The number of nitrogens with zero attached hydrogens (tertiary/aromatic N) is 1. The van der Waals surface area contributed by atoms with Crippen molar-refractivity contribution in [1.29, 1.82) is 0 Å². The van der Waals surface area contributed by atoms with Crippen molar-refractivity contribution in [3.63, 3.8) is 0 Å². The second kappa shape index (κ2) is 12.4. The van der Waals surface area contributed by atoms with E-state index in [4.69, 9.17) is 14.2 Å². The molecule has 0 aliphatic carbocycles. The normalized spacial score (nSPS) is 11.9. The third-order valence-electron chi connectivity index (χ3n) is 4.49. The molecule has 3 aromatic carbocycles. The summed E-state index contributed by atoms with van der Waals surface area (Å²) >= 11 is 3.35. The van der Waals surface area contributed by atoms with Crippen LogP contribution in [0.25, 0.3) is 6.08 Å². The lowest BCUT2D eigenvalue weighted by molar-refractivity contribution is -0.129. The highest BCUT2D eigenvalue weighted by Crippen LogP contribution is 2.28. The van der Waals surface area contributed by atoms with Crippen LogP contribution < -0.4 is 19.6 Å². The first-order valence-electron chi connectivity index (χ1n) is 10.3. The number of rotatable bonds is 9. The predicted molar refractivity (Wildman–Crippen MR) is 134 cm³/mol. The van der Waals surface area contributed by atoms with E-state index in [1.807, 2.05) is 42.5 Å². The van der Waals surface area contributed by atoms with Crippen LogP contribution in [0.15, 0.2) is 88.4 Å². The molecule has 0 saturated heterocycles. The van der Waals surface area contributed by atoms with Crippen LogP contribution >= 0.6 is 15.9 Å². The summed E-state index contributed by atoms with van der Waals surface area (Å²) in [6, 6.07) is 21.5. The summed E-state index contributed by atoms with van der Waals surface area (Å²) in [5, 5.41) is 3.96. The van der Waals surface area contributed by atoms with Crippen LogP contribution in [0.3, 0.4) is 0 Å². The Kier molecular flexibility index (Phi) is 8.99. The average molecular weight is 523 g/mol. The molecule has 0 radical (unpaired) electrons. The van der Waals surface area contributed by atoms with Crippen LogP contribution in [0.5, 0.6) is 17.2 Å². The van der Waals surface area contributed by atoms with Gasteiger partial charge in [-0.05, 0) is 66.6 Å². The van der Waals surface area contributed by atoms with Gasteiger partial charge in [0, 0.05) is 10.5 Å². The Balaban J connectivity index is 1.55. The number of carbonyl (C=O) groups is 2. The van der Waals surface area contributed by atoms with Gasteiger partial charge in [-0.15, -0.1) is 0 Å². The molecule has 7 nitrogen and oxygen atoms in total. The minimum atomic E-state index is -0.737. The molecule has 3 aromatic rings. The average Bonchev–Trinajstić information content (AvgIpc) is 2.85. The molecule has 0 fully saturated rings. The largest absolute Gasteiger partial charge is 0.493 e. The molecule has 8 heteroatoms. The van der Waals surface area contributed by atoms with E-state index in [2.05, 4.69) is 26.5 Å². The van der Waals surface area contributed by atoms with Crippen LogP contribution in [0, 0.1) is 0 Å². The number of nitrogens with one attached hydrogen (secondary N) is 1. The minimum absolute atomic E-state index is 0.267. The van der Waals surface area contributed by atoms with Gasteiger partial charge in [0.1, 0.15) is 5.75 Å². The molecule has 1 atom stereocenters. The Labute approximate surface area is 206 Å². The highest BCUT2D eigenvalue weighted by Gasteiger charge is 2.14. The molecule has 0 aromatic heterocycles. The van der Waals surface area contributed by atoms with Crippen molar-refractivity contribution in [2.24, 2.45) is 5.10 Å². The number of halogens is 1. The molecule has 1 N–H and O–H groups in total. The number of benzene rings is 3. The van der Waals surface area contributed by atoms with Gasteiger partial charge in [-0.25, -0.2) is 10.2 Å². The fourth-order valence-corrected chi connectivity index (χ4v) is 3.02. The Bertz CT molecular complexity index is 1180. The quantitative estimate of drug-likeness (QED) is 0.140. The van der Waals surface area contributed by atoms with Gasteiger partial charge in [-0.3, -0.25) is 4.79 Å². The summed E-state index contributed by atoms with van der Waals surface area (Å²) in [7, 11) is 1.47. The lowest BCUT2D eigenvalue weighted by Gasteiger charge is -2.12. The van der Waals surface area contributed by atoms with Crippen molar-refractivity contribution in [2.75, 3.05) is 7.11 Å². The Morgan fingerprint density at radius 3 is 2.41 bits per heavy atom. The van der Waals surface area contributed by atoms with Gasteiger partial charge in [-0.2, -0.15) is 5.10 Å². The van der Waals surface area contributed by atoms with Gasteiger partial charge in [0.15, 0.2) is 17.6 Å². The lowest BCUT2D eigenvalue weighted by Crippen LogP contribution is -2.33. The van der Waals surface area contributed by atoms with Crippen LogP contribution in [-0.2, 0) is 9.59 Å². The summed E-state index contributed by atoms with van der Waals surface area (Å²) in [5.74, 6) is 0.257.